The molecular weight excluding hydrogens is 542 g/mol. The Morgan fingerprint density at radius 1 is 1.03 bits per heavy atom. The number of nitrogens with zero attached hydrogens (tertiary/aromatic N) is 4. The summed E-state index contributed by atoms with van der Waals surface area (Å²) in [7, 11) is 0. The largest absolute Gasteiger partial charge is 0.490 e. The number of amides is 1. The molecule has 0 aromatic carbocycles. The number of carbonyl (C=O) groups excluding carboxylic acids is 1. The molecule has 16 heteroatoms. The van der Waals surface area contributed by atoms with E-state index in [4.69, 9.17) is 24.3 Å². The fraction of sp³-hybridized carbons (Fsp3) is 0.522. The lowest BCUT2D eigenvalue weighted by atomic mass is 9.86. The van der Waals surface area contributed by atoms with Gasteiger partial charge in [0.15, 0.2) is 0 Å². The van der Waals surface area contributed by atoms with Gasteiger partial charge in [0.05, 0.1) is 17.9 Å². The molecule has 0 radical (unpaired) electrons. The number of carboxylic acids is 2. The van der Waals surface area contributed by atoms with Crippen LogP contribution in [0.1, 0.15) is 35.6 Å². The van der Waals surface area contributed by atoms with Gasteiger partial charge in [-0.1, -0.05) is 11.2 Å². The molecule has 0 aliphatic carbocycles. The number of aryl methyl sites for hydroxylation is 2. The van der Waals surface area contributed by atoms with Crippen LogP contribution in [0.25, 0.3) is 0 Å². The molecule has 1 amide bonds. The lowest BCUT2D eigenvalue weighted by molar-refractivity contribution is -0.193. The van der Waals surface area contributed by atoms with Crippen molar-refractivity contribution >= 4 is 17.8 Å². The number of alkyl halides is 6. The number of aliphatic carboxylic acids is 2. The van der Waals surface area contributed by atoms with Gasteiger partial charge in [-0.15, -0.1) is 0 Å². The Bertz CT molecular complexity index is 1110. The molecule has 1 unspecified atom stereocenters. The molecule has 0 saturated carbocycles. The lowest BCUT2D eigenvalue weighted by Gasteiger charge is -2.24. The second-order valence-corrected chi connectivity index (χ2v) is 9.12. The van der Waals surface area contributed by atoms with Crippen LogP contribution in [0, 0.1) is 19.3 Å². The van der Waals surface area contributed by atoms with Crippen LogP contribution in [0.5, 0.6) is 0 Å². The molecule has 1 atom stereocenters. The highest BCUT2D eigenvalue weighted by molar-refractivity contribution is 5.79. The third-order valence-electron chi connectivity index (χ3n) is 6.05. The molecule has 39 heavy (non-hydrogen) atoms. The van der Waals surface area contributed by atoms with Crippen LogP contribution in [0.15, 0.2) is 28.9 Å². The molecule has 2 fully saturated rings. The number of halogens is 6. The summed E-state index contributed by atoms with van der Waals surface area (Å²) in [6.07, 6.45) is -6.61. The minimum atomic E-state index is -5.08. The first-order valence-electron chi connectivity index (χ1n) is 11.4. The summed E-state index contributed by atoms with van der Waals surface area (Å²) in [6, 6.07) is 6.03. The molecule has 0 bridgehead atoms. The van der Waals surface area contributed by atoms with Crippen LogP contribution >= 0.6 is 0 Å². The Hall–Kier alpha value is -3.69. The predicted molar refractivity (Wildman–Crippen MR) is 120 cm³/mol. The normalized spacial score (nSPS) is 19.4. The monoisotopic (exact) mass is 568 g/mol. The van der Waals surface area contributed by atoms with E-state index >= 15 is 0 Å². The average Bonchev–Trinajstić information content (AvgIpc) is 3.46. The van der Waals surface area contributed by atoms with Crippen LogP contribution < -0.4 is 0 Å². The molecule has 216 valence electrons. The van der Waals surface area contributed by atoms with Gasteiger partial charge in [-0.05, 0) is 38.9 Å². The Kier molecular flexibility index (Phi) is 10.1. The van der Waals surface area contributed by atoms with E-state index in [2.05, 4.69) is 21.1 Å². The Balaban J connectivity index is 0.000000317. The van der Waals surface area contributed by atoms with Crippen LogP contribution in [0.4, 0.5) is 26.3 Å². The zero-order valence-corrected chi connectivity index (χ0v) is 20.8. The van der Waals surface area contributed by atoms with Crippen molar-refractivity contribution in [2.75, 3.05) is 19.6 Å². The number of likely N-dealkylation sites (tertiary alicyclic amines) is 2. The molecule has 1 spiro atoms. The van der Waals surface area contributed by atoms with E-state index in [0.717, 1.165) is 55.3 Å². The third kappa shape index (κ3) is 9.23. The van der Waals surface area contributed by atoms with Gasteiger partial charge in [0.25, 0.3) is 0 Å². The Morgan fingerprint density at radius 3 is 2.08 bits per heavy atom. The van der Waals surface area contributed by atoms with Crippen molar-refractivity contribution in [1.82, 2.24) is 19.9 Å². The maximum Gasteiger partial charge on any atom is 0.490 e. The molecular formula is C23H26F6N4O6. The zero-order valence-electron chi connectivity index (χ0n) is 20.8. The highest BCUT2D eigenvalue weighted by Crippen LogP contribution is 2.41. The van der Waals surface area contributed by atoms with E-state index in [1.807, 2.05) is 37.1 Å². The number of carboxylic acid groups (broad SMARTS) is 2. The molecule has 10 nitrogen and oxygen atoms in total. The summed E-state index contributed by atoms with van der Waals surface area (Å²) in [5.41, 5.74) is 3.12. The quantitative estimate of drug-likeness (QED) is 0.531. The van der Waals surface area contributed by atoms with Gasteiger partial charge in [0.1, 0.15) is 5.76 Å². The molecule has 4 rings (SSSR count). The summed E-state index contributed by atoms with van der Waals surface area (Å²) in [5.74, 6) is -4.45. The second kappa shape index (κ2) is 12.4. The van der Waals surface area contributed by atoms with Gasteiger partial charge in [-0.25, -0.2) is 9.59 Å². The smallest absolute Gasteiger partial charge is 0.475 e. The van der Waals surface area contributed by atoms with E-state index in [9.17, 15) is 31.1 Å². The van der Waals surface area contributed by atoms with Gasteiger partial charge >= 0.3 is 24.3 Å². The van der Waals surface area contributed by atoms with Crippen molar-refractivity contribution in [3.8, 4) is 0 Å². The van der Waals surface area contributed by atoms with Gasteiger partial charge in [0.2, 0.25) is 5.91 Å². The zero-order chi connectivity index (χ0) is 29.6. The molecule has 2 saturated heterocycles. The van der Waals surface area contributed by atoms with Gasteiger partial charge in [0, 0.05) is 43.2 Å². The number of pyridine rings is 1. The number of hydrogen-bond acceptors (Lipinski definition) is 7. The van der Waals surface area contributed by atoms with E-state index in [0.29, 0.717) is 13.0 Å². The molecule has 2 aliphatic rings. The third-order valence-corrected chi connectivity index (χ3v) is 6.05. The highest BCUT2D eigenvalue weighted by Gasteiger charge is 2.47. The van der Waals surface area contributed by atoms with Crippen molar-refractivity contribution in [3.05, 3.63) is 47.1 Å². The SMILES string of the molecule is Cc1noc(C)c1CN1CC2(CCN(Cc3ccccn3)C2)CC1=O.O=C(O)C(F)(F)F.O=C(O)C(F)(F)F. The average molecular weight is 568 g/mol. The molecule has 2 aliphatic heterocycles. The van der Waals surface area contributed by atoms with Crippen molar-refractivity contribution in [3.63, 3.8) is 0 Å². The van der Waals surface area contributed by atoms with Gasteiger partial charge in [-0.2, -0.15) is 26.3 Å². The Morgan fingerprint density at radius 2 is 1.62 bits per heavy atom. The van der Waals surface area contributed by atoms with Crippen LogP contribution in [-0.2, 0) is 27.5 Å². The van der Waals surface area contributed by atoms with E-state index in [1.165, 1.54) is 0 Å². The van der Waals surface area contributed by atoms with E-state index in [-0.39, 0.29) is 11.3 Å². The first kappa shape index (κ1) is 31.5. The number of hydrogen-bond donors (Lipinski definition) is 2. The molecule has 2 N–H and O–H groups in total. The van der Waals surface area contributed by atoms with Gasteiger partial charge < -0.3 is 19.6 Å². The first-order chi connectivity index (χ1) is 17.9. The topological polar surface area (TPSA) is 137 Å². The molecule has 2 aromatic rings. The molecule has 4 heterocycles. The number of carbonyl (C=O) groups is 3. The number of rotatable bonds is 4. The van der Waals surface area contributed by atoms with Crippen molar-refractivity contribution in [2.45, 2.75) is 52.1 Å². The van der Waals surface area contributed by atoms with Crippen molar-refractivity contribution < 1.29 is 55.5 Å². The summed E-state index contributed by atoms with van der Waals surface area (Å²) in [5, 5.41) is 18.3. The minimum Gasteiger partial charge on any atom is -0.475 e. The lowest BCUT2D eigenvalue weighted by Crippen LogP contribution is -2.31. The van der Waals surface area contributed by atoms with Crippen molar-refractivity contribution in [2.24, 2.45) is 5.41 Å². The first-order valence-corrected chi connectivity index (χ1v) is 11.4. The summed E-state index contributed by atoms with van der Waals surface area (Å²) in [4.78, 5) is 39.2. The van der Waals surface area contributed by atoms with Gasteiger partial charge in [-0.3, -0.25) is 14.7 Å². The van der Waals surface area contributed by atoms with Crippen LogP contribution in [0.2, 0.25) is 0 Å². The summed E-state index contributed by atoms with van der Waals surface area (Å²) >= 11 is 0. The van der Waals surface area contributed by atoms with Crippen LogP contribution in [-0.4, -0.2) is 80.0 Å². The Labute approximate surface area is 218 Å². The highest BCUT2D eigenvalue weighted by atomic mass is 19.4. The van der Waals surface area contributed by atoms with Crippen LogP contribution in [0.3, 0.4) is 0 Å². The van der Waals surface area contributed by atoms with Crippen molar-refractivity contribution in [1.29, 1.82) is 0 Å². The standard InChI is InChI=1S/C19H24N4O2.2C2HF3O2/c1-14-17(15(2)25-21-14)11-23-13-19(9-18(23)24)6-8-22(12-19)10-16-5-3-4-7-20-16;2*3-2(4,5)1(6)7/h3-5,7H,6,8-13H2,1-2H3;2*(H,6,7). The summed E-state index contributed by atoms with van der Waals surface area (Å²) in [6.45, 7) is 8.15. The molecule has 2 aromatic heterocycles. The fourth-order valence-electron chi connectivity index (χ4n) is 4.20. The van der Waals surface area contributed by atoms with E-state index < -0.39 is 24.3 Å². The second-order valence-electron chi connectivity index (χ2n) is 9.12. The number of aromatic nitrogens is 2. The maximum atomic E-state index is 12.6. The maximum absolute atomic E-state index is 12.6. The minimum absolute atomic E-state index is 0.0881. The predicted octanol–water partition coefficient (Wildman–Crippen LogP) is 3.58. The van der Waals surface area contributed by atoms with E-state index in [1.54, 1.807) is 0 Å². The summed E-state index contributed by atoms with van der Waals surface area (Å²) < 4.78 is 68.7. The fourth-order valence-corrected chi connectivity index (χ4v) is 4.20.